The lowest BCUT2D eigenvalue weighted by Gasteiger charge is -2.38. The molecule has 4 rings (SSSR count). The largest absolute Gasteiger partial charge is 0.480 e. The van der Waals surface area contributed by atoms with Gasteiger partial charge < -0.3 is 14.7 Å². The number of para-hydroxylation sites is 2. The Morgan fingerprint density at radius 1 is 1.11 bits per heavy atom. The van der Waals surface area contributed by atoms with E-state index in [9.17, 15) is 14.7 Å². The van der Waals surface area contributed by atoms with Crippen LogP contribution in [0.2, 0.25) is 0 Å². The number of carbonyl (C=O) groups is 2. The first kappa shape index (κ1) is 17.2. The van der Waals surface area contributed by atoms with Crippen LogP contribution in [0.5, 0.6) is 0 Å². The lowest BCUT2D eigenvalue weighted by Crippen LogP contribution is -2.56. The van der Waals surface area contributed by atoms with Gasteiger partial charge >= 0.3 is 5.97 Å². The molecule has 1 amide bonds. The number of imidazole rings is 1. The van der Waals surface area contributed by atoms with Crippen molar-refractivity contribution in [2.75, 3.05) is 13.2 Å². The first-order valence-corrected chi connectivity index (χ1v) is 8.72. The van der Waals surface area contributed by atoms with Crippen molar-refractivity contribution in [1.29, 1.82) is 0 Å². The minimum Gasteiger partial charge on any atom is -0.480 e. The van der Waals surface area contributed by atoms with E-state index in [0.717, 1.165) is 16.7 Å². The average molecular weight is 365 g/mol. The Kier molecular flexibility index (Phi) is 4.37. The van der Waals surface area contributed by atoms with Gasteiger partial charge in [-0.3, -0.25) is 9.36 Å². The first-order valence-electron chi connectivity index (χ1n) is 8.72. The molecule has 7 heteroatoms. The van der Waals surface area contributed by atoms with Gasteiger partial charge in [0.05, 0.1) is 30.3 Å². The maximum atomic E-state index is 12.9. The van der Waals surface area contributed by atoms with Gasteiger partial charge in [0.1, 0.15) is 6.33 Å². The fourth-order valence-electron chi connectivity index (χ4n) is 3.43. The van der Waals surface area contributed by atoms with Crippen LogP contribution in [0, 0.1) is 0 Å². The summed E-state index contributed by atoms with van der Waals surface area (Å²) >= 11 is 0. The Bertz CT molecular complexity index is 996. The van der Waals surface area contributed by atoms with Crippen LogP contribution in [0.15, 0.2) is 54.9 Å². The van der Waals surface area contributed by atoms with Gasteiger partial charge in [-0.05, 0) is 43.3 Å². The highest BCUT2D eigenvalue weighted by Crippen LogP contribution is 2.21. The number of nitrogens with zero attached hydrogens (tertiary/aromatic N) is 3. The van der Waals surface area contributed by atoms with Crippen molar-refractivity contribution in [3.63, 3.8) is 0 Å². The zero-order valence-corrected chi connectivity index (χ0v) is 14.8. The van der Waals surface area contributed by atoms with Gasteiger partial charge in [0, 0.05) is 11.3 Å². The van der Waals surface area contributed by atoms with Crippen LogP contribution in [0.4, 0.5) is 0 Å². The predicted molar refractivity (Wildman–Crippen MR) is 98.9 cm³/mol. The van der Waals surface area contributed by atoms with Gasteiger partial charge in [0.15, 0.2) is 6.04 Å². The van der Waals surface area contributed by atoms with Gasteiger partial charge in [-0.1, -0.05) is 12.1 Å². The number of hydrogen-bond acceptors (Lipinski definition) is 4. The molecular weight excluding hydrogens is 346 g/mol. The van der Waals surface area contributed by atoms with Crippen LogP contribution < -0.4 is 0 Å². The summed E-state index contributed by atoms with van der Waals surface area (Å²) in [7, 11) is 0. The third kappa shape index (κ3) is 3.06. The van der Waals surface area contributed by atoms with Crippen LogP contribution in [0.25, 0.3) is 16.7 Å². The molecule has 2 heterocycles. The number of aromatic nitrogens is 2. The molecule has 1 N–H and O–H groups in total. The SMILES string of the molecule is C[C@H]1COC[C@@H](C(=O)O)N1C(=O)c1ccc(-n2cnc3ccccc32)cc1. The molecule has 27 heavy (non-hydrogen) atoms. The molecule has 1 aliphatic rings. The molecule has 3 aromatic rings. The summed E-state index contributed by atoms with van der Waals surface area (Å²) < 4.78 is 7.24. The van der Waals surface area contributed by atoms with Crippen molar-refractivity contribution in [2.24, 2.45) is 0 Å². The number of fused-ring (bicyclic) bond motifs is 1. The van der Waals surface area contributed by atoms with Crippen molar-refractivity contribution in [1.82, 2.24) is 14.5 Å². The van der Waals surface area contributed by atoms with E-state index in [2.05, 4.69) is 4.98 Å². The quantitative estimate of drug-likeness (QED) is 0.770. The van der Waals surface area contributed by atoms with E-state index in [1.54, 1.807) is 25.4 Å². The molecule has 1 aromatic heterocycles. The number of hydrogen-bond donors (Lipinski definition) is 1. The normalized spacial score (nSPS) is 20.0. The van der Waals surface area contributed by atoms with Crippen molar-refractivity contribution in [3.8, 4) is 5.69 Å². The Hall–Kier alpha value is -3.19. The molecule has 2 aromatic carbocycles. The summed E-state index contributed by atoms with van der Waals surface area (Å²) in [6.45, 7) is 2.12. The zero-order chi connectivity index (χ0) is 19.0. The second kappa shape index (κ2) is 6.85. The first-order chi connectivity index (χ1) is 13.1. The van der Waals surface area contributed by atoms with Gasteiger partial charge in [-0.25, -0.2) is 9.78 Å². The van der Waals surface area contributed by atoms with Gasteiger partial charge in [-0.15, -0.1) is 0 Å². The number of carbonyl (C=O) groups excluding carboxylic acids is 1. The fourth-order valence-corrected chi connectivity index (χ4v) is 3.43. The molecule has 0 saturated carbocycles. The lowest BCUT2D eigenvalue weighted by molar-refractivity contribution is -0.150. The maximum absolute atomic E-state index is 12.9. The second-order valence-electron chi connectivity index (χ2n) is 6.60. The van der Waals surface area contributed by atoms with Gasteiger partial charge in [-0.2, -0.15) is 0 Å². The number of carboxylic acids is 1. The van der Waals surface area contributed by atoms with Gasteiger partial charge in [0.25, 0.3) is 5.91 Å². The van der Waals surface area contributed by atoms with Crippen LogP contribution in [0.1, 0.15) is 17.3 Å². The number of benzene rings is 2. The summed E-state index contributed by atoms with van der Waals surface area (Å²) in [5.74, 6) is -1.36. The number of rotatable bonds is 3. The fraction of sp³-hybridized carbons (Fsp3) is 0.250. The molecule has 7 nitrogen and oxygen atoms in total. The average Bonchev–Trinajstić information content (AvgIpc) is 3.11. The summed E-state index contributed by atoms with van der Waals surface area (Å²) in [4.78, 5) is 30.2. The molecule has 1 saturated heterocycles. The summed E-state index contributed by atoms with van der Waals surface area (Å²) in [5, 5.41) is 9.41. The number of morpholine rings is 1. The van der Waals surface area contributed by atoms with Crippen molar-refractivity contribution < 1.29 is 19.4 Å². The third-order valence-corrected chi connectivity index (χ3v) is 4.81. The molecule has 0 spiro atoms. The Labute approximate surface area is 155 Å². The highest BCUT2D eigenvalue weighted by molar-refractivity contribution is 5.97. The van der Waals surface area contributed by atoms with Crippen LogP contribution in [-0.2, 0) is 9.53 Å². The molecule has 2 atom stereocenters. The van der Waals surface area contributed by atoms with Gasteiger partial charge in [0.2, 0.25) is 0 Å². The topological polar surface area (TPSA) is 84.7 Å². The Morgan fingerprint density at radius 2 is 1.85 bits per heavy atom. The van der Waals surface area contributed by atoms with E-state index >= 15 is 0 Å². The Balaban J connectivity index is 1.63. The number of carboxylic acid groups (broad SMARTS) is 1. The molecular formula is C20H19N3O4. The lowest BCUT2D eigenvalue weighted by atomic mass is 10.1. The van der Waals surface area contributed by atoms with Crippen molar-refractivity contribution in [2.45, 2.75) is 19.0 Å². The zero-order valence-electron chi connectivity index (χ0n) is 14.8. The van der Waals surface area contributed by atoms with E-state index in [1.807, 2.05) is 41.0 Å². The van der Waals surface area contributed by atoms with E-state index in [-0.39, 0.29) is 18.6 Å². The highest BCUT2D eigenvalue weighted by Gasteiger charge is 2.37. The molecule has 138 valence electrons. The van der Waals surface area contributed by atoms with E-state index < -0.39 is 12.0 Å². The molecule has 0 unspecified atom stereocenters. The number of amides is 1. The minimum absolute atomic E-state index is 0.00449. The van der Waals surface area contributed by atoms with Crippen molar-refractivity contribution in [3.05, 3.63) is 60.4 Å². The highest BCUT2D eigenvalue weighted by atomic mass is 16.5. The monoisotopic (exact) mass is 365 g/mol. The molecule has 1 aliphatic heterocycles. The summed E-state index contributed by atoms with van der Waals surface area (Å²) in [5.41, 5.74) is 3.20. The molecule has 0 bridgehead atoms. The third-order valence-electron chi connectivity index (χ3n) is 4.81. The minimum atomic E-state index is -1.06. The standard InChI is InChI=1S/C20H19N3O4/c1-13-10-27-11-18(20(25)26)23(13)19(24)14-6-8-15(9-7-14)22-12-21-16-4-2-3-5-17(16)22/h2-9,12-13,18H,10-11H2,1H3,(H,25,26)/t13-,18-/m0/s1. The maximum Gasteiger partial charge on any atom is 0.328 e. The summed E-state index contributed by atoms with van der Waals surface area (Å²) in [6, 6.07) is 13.6. The second-order valence-corrected chi connectivity index (χ2v) is 6.60. The van der Waals surface area contributed by atoms with E-state index in [4.69, 9.17) is 4.74 Å². The van der Waals surface area contributed by atoms with Crippen LogP contribution in [-0.4, -0.2) is 56.7 Å². The molecule has 0 aliphatic carbocycles. The smallest absolute Gasteiger partial charge is 0.328 e. The Morgan fingerprint density at radius 3 is 2.59 bits per heavy atom. The molecule has 1 fully saturated rings. The van der Waals surface area contributed by atoms with Crippen molar-refractivity contribution >= 4 is 22.9 Å². The predicted octanol–water partition coefficient (Wildman–Crippen LogP) is 2.34. The van der Waals surface area contributed by atoms with E-state index in [1.165, 1.54) is 4.90 Å². The van der Waals surface area contributed by atoms with E-state index in [0.29, 0.717) is 12.2 Å². The number of ether oxygens (including phenoxy) is 1. The van der Waals surface area contributed by atoms with Crippen LogP contribution >= 0.6 is 0 Å². The summed E-state index contributed by atoms with van der Waals surface area (Å²) in [6.07, 6.45) is 1.74. The number of aliphatic carboxylic acids is 1. The van der Waals surface area contributed by atoms with Crippen LogP contribution in [0.3, 0.4) is 0 Å². The molecule has 0 radical (unpaired) electrons.